The summed E-state index contributed by atoms with van der Waals surface area (Å²) >= 11 is 6.07. The maximum absolute atomic E-state index is 12.1. The molecule has 1 amide bonds. The fraction of sp³-hybridized carbons (Fsp3) is 0.143. The molecule has 3 rings (SSSR count). The third-order valence-electron chi connectivity index (χ3n) is 3.38. The Balaban J connectivity index is 2.31. The number of rotatable bonds is 3. The molecule has 0 saturated carbocycles. The summed E-state index contributed by atoms with van der Waals surface area (Å²) in [6.45, 7) is 1.35. The highest BCUT2D eigenvalue weighted by Crippen LogP contribution is 2.34. The molecule has 1 aromatic heterocycles. The van der Waals surface area contributed by atoms with Gasteiger partial charge in [0.1, 0.15) is 4.88 Å². The predicted molar refractivity (Wildman–Crippen MR) is 79.3 cm³/mol. The van der Waals surface area contributed by atoms with E-state index in [1.165, 1.54) is 6.92 Å². The first-order valence-corrected chi connectivity index (χ1v) is 7.52. The molecule has 2 heterocycles. The summed E-state index contributed by atoms with van der Waals surface area (Å²) in [5.41, 5.74) is 0.230. The number of carbonyl (C=O) groups is 2. The molecule has 8 heteroatoms. The van der Waals surface area contributed by atoms with Gasteiger partial charge in [-0.2, -0.15) is 0 Å². The van der Waals surface area contributed by atoms with Gasteiger partial charge < -0.3 is 15.0 Å². The van der Waals surface area contributed by atoms with E-state index in [2.05, 4.69) is 4.99 Å². The van der Waals surface area contributed by atoms with Crippen LogP contribution in [0.5, 0.6) is 5.88 Å². The Kier molecular flexibility index (Phi) is 3.42. The van der Waals surface area contributed by atoms with Crippen molar-refractivity contribution in [1.82, 2.24) is 4.57 Å². The highest BCUT2D eigenvalue weighted by atomic mass is 32.1. The highest BCUT2D eigenvalue weighted by Gasteiger charge is 2.26. The molecule has 0 bridgehead atoms. The van der Waals surface area contributed by atoms with Crippen LogP contribution in [0.25, 0.3) is 5.57 Å². The quantitative estimate of drug-likeness (QED) is 0.775. The number of carboxylic acids is 1. The molecule has 0 aliphatic carbocycles. The first-order valence-electron chi connectivity index (χ1n) is 6.29. The number of thiazole rings is 1. The van der Waals surface area contributed by atoms with Crippen LogP contribution in [0.15, 0.2) is 29.3 Å². The molecule has 1 atom stereocenters. The lowest BCUT2D eigenvalue weighted by Gasteiger charge is -2.15. The smallest absolute Gasteiger partial charge is 0.279 e. The maximum Gasteiger partial charge on any atom is 0.279 e. The molecule has 22 heavy (non-hydrogen) atoms. The Labute approximate surface area is 133 Å². The van der Waals surface area contributed by atoms with Gasteiger partial charge in [0.25, 0.3) is 5.91 Å². The zero-order valence-corrected chi connectivity index (χ0v) is 12.9. The first kappa shape index (κ1) is 14.6. The van der Waals surface area contributed by atoms with E-state index in [1.54, 1.807) is 24.3 Å². The Morgan fingerprint density at radius 1 is 1.45 bits per heavy atom. The van der Waals surface area contributed by atoms with Gasteiger partial charge in [-0.3, -0.25) is 9.36 Å². The van der Waals surface area contributed by atoms with Crippen LogP contribution in [0.1, 0.15) is 17.8 Å². The van der Waals surface area contributed by atoms with E-state index in [1.807, 2.05) is 0 Å². The van der Waals surface area contributed by atoms with Crippen molar-refractivity contribution in [2.45, 2.75) is 13.0 Å². The van der Waals surface area contributed by atoms with Gasteiger partial charge in [0.15, 0.2) is 3.95 Å². The van der Waals surface area contributed by atoms with Gasteiger partial charge >= 0.3 is 0 Å². The summed E-state index contributed by atoms with van der Waals surface area (Å²) in [4.78, 5) is 27.3. The lowest BCUT2D eigenvalue weighted by molar-refractivity contribution is -0.309. The van der Waals surface area contributed by atoms with Crippen molar-refractivity contribution in [2.24, 2.45) is 4.99 Å². The number of hydrogen-bond donors (Lipinski definition) is 1. The zero-order valence-electron chi connectivity index (χ0n) is 11.3. The summed E-state index contributed by atoms with van der Waals surface area (Å²) in [5.74, 6) is -2.22. The van der Waals surface area contributed by atoms with Crippen molar-refractivity contribution < 1.29 is 19.8 Å². The van der Waals surface area contributed by atoms with Crippen molar-refractivity contribution in [1.29, 1.82) is 0 Å². The van der Waals surface area contributed by atoms with E-state index in [9.17, 15) is 19.8 Å². The minimum absolute atomic E-state index is 0.147. The van der Waals surface area contributed by atoms with Gasteiger partial charge in [0.2, 0.25) is 5.88 Å². The summed E-state index contributed by atoms with van der Waals surface area (Å²) in [6, 6.07) is 5.78. The van der Waals surface area contributed by atoms with Crippen LogP contribution in [0, 0.1) is 3.95 Å². The van der Waals surface area contributed by atoms with E-state index >= 15 is 0 Å². The van der Waals surface area contributed by atoms with Crippen LogP contribution in [0.4, 0.5) is 0 Å². The topological polar surface area (TPSA) is 94.7 Å². The van der Waals surface area contributed by atoms with E-state index in [4.69, 9.17) is 12.2 Å². The molecular formula is C14H9N2O4S2-. The molecular weight excluding hydrogens is 324 g/mol. The molecule has 112 valence electrons. The molecule has 6 nitrogen and oxygen atoms in total. The number of aromatic hydroxyl groups is 1. The van der Waals surface area contributed by atoms with Gasteiger partial charge in [-0.15, -0.1) is 11.3 Å². The number of carboxylic acid groups (broad SMARTS) is 1. The molecule has 0 radical (unpaired) electrons. The third kappa shape index (κ3) is 2.08. The summed E-state index contributed by atoms with van der Waals surface area (Å²) in [7, 11) is 0. The highest BCUT2D eigenvalue weighted by molar-refractivity contribution is 7.73. The van der Waals surface area contributed by atoms with Crippen molar-refractivity contribution in [3.05, 3.63) is 43.7 Å². The number of aromatic nitrogens is 1. The number of amides is 1. The molecule has 0 unspecified atom stereocenters. The molecule has 0 fully saturated rings. The SMILES string of the molecule is C[C@H](C(=O)[O-])n1c(O)c(C2=c3ccccc3=NC2=O)sc1=S. The van der Waals surface area contributed by atoms with Crippen LogP contribution >= 0.6 is 23.6 Å². The van der Waals surface area contributed by atoms with Crippen molar-refractivity contribution >= 4 is 41.0 Å². The largest absolute Gasteiger partial charge is 0.548 e. The van der Waals surface area contributed by atoms with E-state index in [0.717, 1.165) is 15.9 Å². The number of nitrogens with zero attached hydrogens (tertiary/aromatic N) is 2. The van der Waals surface area contributed by atoms with Crippen molar-refractivity contribution in [3.63, 3.8) is 0 Å². The van der Waals surface area contributed by atoms with Gasteiger partial charge in [0, 0.05) is 5.22 Å². The Hall–Kier alpha value is -2.32. The molecule has 0 saturated heterocycles. The number of aliphatic carboxylic acids is 1. The van der Waals surface area contributed by atoms with E-state index in [0.29, 0.717) is 10.6 Å². The second-order valence-corrected chi connectivity index (χ2v) is 6.34. The molecule has 1 N–H and O–H groups in total. The van der Waals surface area contributed by atoms with Crippen molar-refractivity contribution in [2.75, 3.05) is 0 Å². The minimum atomic E-state index is -1.37. The molecule has 1 aliphatic heterocycles. The van der Waals surface area contributed by atoms with Crippen molar-refractivity contribution in [3.8, 4) is 5.88 Å². The van der Waals surface area contributed by atoms with Gasteiger partial charge in [-0.05, 0) is 25.2 Å². The molecule has 2 aromatic rings. The number of fused-ring (bicyclic) bond motifs is 1. The second-order valence-electron chi connectivity index (χ2n) is 4.69. The Morgan fingerprint density at radius 3 is 2.82 bits per heavy atom. The van der Waals surface area contributed by atoms with Crippen LogP contribution in [0.2, 0.25) is 0 Å². The molecule has 1 aromatic carbocycles. The fourth-order valence-electron chi connectivity index (χ4n) is 2.27. The number of hydrogen-bond acceptors (Lipinski definition) is 6. The van der Waals surface area contributed by atoms with Crippen LogP contribution in [-0.4, -0.2) is 21.6 Å². The Bertz CT molecular complexity index is 987. The standard InChI is InChI=1S/C14H10N2O4S2/c1-6(13(19)20)16-12(18)10(22-14(16)21)9-7-4-2-3-5-8(7)15-11(9)17/h2-6,18H,1H3,(H,19,20)/p-1/t6-/m1/s1. The lowest BCUT2D eigenvalue weighted by Crippen LogP contribution is -2.31. The minimum Gasteiger partial charge on any atom is -0.548 e. The van der Waals surface area contributed by atoms with Gasteiger partial charge in [0.05, 0.1) is 22.9 Å². The van der Waals surface area contributed by atoms with E-state index in [-0.39, 0.29) is 20.3 Å². The predicted octanol–water partition coefficient (Wildman–Crippen LogP) is -0.346. The monoisotopic (exact) mass is 333 g/mol. The number of carbonyl (C=O) groups excluding carboxylic acids is 2. The lowest BCUT2D eigenvalue weighted by atomic mass is 10.1. The Morgan fingerprint density at radius 2 is 2.14 bits per heavy atom. The average Bonchev–Trinajstić information content (AvgIpc) is 2.94. The summed E-state index contributed by atoms with van der Waals surface area (Å²) in [6.07, 6.45) is 0. The fourth-order valence-corrected chi connectivity index (χ4v) is 3.77. The van der Waals surface area contributed by atoms with Gasteiger partial charge in [-0.25, -0.2) is 4.99 Å². The van der Waals surface area contributed by atoms with Gasteiger partial charge in [-0.1, -0.05) is 18.2 Å². The van der Waals surface area contributed by atoms with Crippen LogP contribution < -0.4 is 15.7 Å². The zero-order chi connectivity index (χ0) is 16.0. The second kappa shape index (κ2) is 5.15. The molecule has 1 aliphatic rings. The first-order chi connectivity index (χ1) is 10.4. The average molecular weight is 333 g/mol. The van der Waals surface area contributed by atoms with Crippen LogP contribution in [0.3, 0.4) is 0 Å². The molecule has 0 spiro atoms. The number of benzene rings is 1. The normalized spacial score (nSPS) is 14.6. The maximum atomic E-state index is 12.1. The summed E-state index contributed by atoms with van der Waals surface area (Å²) in [5, 5.41) is 22.5. The van der Waals surface area contributed by atoms with E-state index < -0.39 is 17.9 Å². The van der Waals surface area contributed by atoms with Crippen LogP contribution in [-0.2, 0) is 9.59 Å². The number of para-hydroxylation sites is 1. The third-order valence-corrected chi connectivity index (χ3v) is 4.79. The summed E-state index contributed by atoms with van der Waals surface area (Å²) < 4.78 is 1.21.